The minimum Gasteiger partial charge on any atom is -0.303 e. The molecule has 0 aromatic heterocycles. The number of hydrogen-bond donors (Lipinski definition) is 0. The van der Waals surface area contributed by atoms with Crippen molar-refractivity contribution in [3.05, 3.63) is 11.6 Å². The van der Waals surface area contributed by atoms with Gasteiger partial charge < -0.3 is 4.79 Å². The van der Waals surface area contributed by atoms with Crippen LogP contribution in [0.4, 0.5) is 0 Å². The lowest BCUT2D eigenvalue weighted by Gasteiger charge is -1.95. The van der Waals surface area contributed by atoms with E-state index in [1.807, 2.05) is 20.8 Å². The van der Waals surface area contributed by atoms with Crippen LogP contribution in [0, 0.1) is 5.92 Å². The van der Waals surface area contributed by atoms with Gasteiger partial charge >= 0.3 is 0 Å². The van der Waals surface area contributed by atoms with E-state index < -0.39 is 0 Å². The summed E-state index contributed by atoms with van der Waals surface area (Å²) in [4.78, 5) is 10.1. The molecule has 0 N–H and O–H groups in total. The molecule has 0 aliphatic rings. The van der Waals surface area contributed by atoms with Crippen LogP contribution in [-0.4, -0.2) is 6.29 Å². The Bertz CT molecular complexity index is 110. The van der Waals surface area contributed by atoms with Crippen LogP contribution < -0.4 is 0 Å². The predicted molar refractivity (Wildman–Crippen MR) is 39.3 cm³/mol. The van der Waals surface area contributed by atoms with Crippen LogP contribution in [0.1, 0.15) is 27.2 Å². The zero-order chi connectivity index (χ0) is 7.28. The first-order valence-corrected chi connectivity index (χ1v) is 3.25. The van der Waals surface area contributed by atoms with Gasteiger partial charge in [0.1, 0.15) is 6.29 Å². The average Bonchev–Trinajstić information content (AvgIpc) is 1.83. The van der Waals surface area contributed by atoms with Gasteiger partial charge in [0.05, 0.1) is 0 Å². The predicted octanol–water partition coefficient (Wildman–Crippen LogP) is 2.18. The van der Waals surface area contributed by atoms with Crippen molar-refractivity contribution in [1.29, 1.82) is 0 Å². The molecular formula is C8H14O. The van der Waals surface area contributed by atoms with Crippen LogP contribution in [0.3, 0.4) is 0 Å². The summed E-state index contributed by atoms with van der Waals surface area (Å²) in [6.45, 7) is 6.00. The van der Waals surface area contributed by atoms with E-state index in [1.165, 1.54) is 5.57 Å². The monoisotopic (exact) mass is 126 g/mol. The number of aldehydes is 1. The summed E-state index contributed by atoms with van der Waals surface area (Å²) in [5.74, 6) is 0.180. The molecule has 0 saturated heterocycles. The Morgan fingerprint density at radius 2 is 2.11 bits per heavy atom. The van der Waals surface area contributed by atoms with E-state index in [0.717, 1.165) is 12.7 Å². The molecule has 0 heterocycles. The summed E-state index contributed by atoms with van der Waals surface area (Å²) in [5, 5.41) is 0. The van der Waals surface area contributed by atoms with Gasteiger partial charge in [-0.25, -0.2) is 0 Å². The van der Waals surface area contributed by atoms with Gasteiger partial charge in [-0.2, -0.15) is 0 Å². The quantitative estimate of drug-likeness (QED) is 0.418. The fraction of sp³-hybridized carbons (Fsp3) is 0.625. The van der Waals surface area contributed by atoms with Gasteiger partial charge in [0.2, 0.25) is 0 Å². The van der Waals surface area contributed by atoms with Crippen molar-refractivity contribution in [2.45, 2.75) is 27.2 Å². The third-order valence-corrected chi connectivity index (χ3v) is 1.13. The maximum atomic E-state index is 10.1. The molecule has 0 spiro atoms. The number of allylic oxidation sites excluding steroid dienone is 2. The van der Waals surface area contributed by atoms with Crippen molar-refractivity contribution in [2.75, 3.05) is 0 Å². The lowest BCUT2D eigenvalue weighted by molar-refractivity contribution is -0.110. The zero-order valence-corrected chi connectivity index (χ0v) is 6.35. The van der Waals surface area contributed by atoms with E-state index in [2.05, 4.69) is 6.08 Å². The van der Waals surface area contributed by atoms with Crippen molar-refractivity contribution >= 4 is 6.29 Å². The van der Waals surface area contributed by atoms with Gasteiger partial charge in [0.25, 0.3) is 0 Å². The number of hydrogen-bond acceptors (Lipinski definition) is 1. The minimum atomic E-state index is 0.180. The maximum Gasteiger partial charge on any atom is 0.123 e. The fourth-order valence-electron chi connectivity index (χ4n) is 0.477. The fourth-order valence-corrected chi connectivity index (χ4v) is 0.477. The molecule has 9 heavy (non-hydrogen) atoms. The number of carbonyl (C=O) groups excluding carboxylic acids is 1. The highest BCUT2D eigenvalue weighted by molar-refractivity contribution is 5.53. The van der Waals surface area contributed by atoms with Crippen LogP contribution in [0.15, 0.2) is 11.6 Å². The van der Waals surface area contributed by atoms with Gasteiger partial charge in [-0.3, -0.25) is 0 Å². The van der Waals surface area contributed by atoms with E-state index in [9.17, 15) is 4.79 Å². The molecule has 1 nitrogen and oxygen atoms in total. The molecule has 0 amide bonds. The van der Waals surface area contributed by atoms with Gasteiger partial charge in [0.15, 0.2) is 0 Å². The lowest BCUT2D eigenvalue weighted by Crippen LogP contribution is -1.92. The van der Waals surface area contributed by atoms with Gasteiger partial charge in [-0.05, 0) is 20.3 Å². The molecular weight excluding hydrogens is 112 g/mol. The molecule has 0 rings (SSSR count). The molecule has 1 unspecified atom stereocenters. The molecule has 1 atom stereocenters. The van der Waals surface area contributed by atoms with Gasteiger partial charge in [-0.1, -0.05) is 18.6 Å². The van der Waals surface area contributed by atoms with E-state index in [-0.39, 0.29) is 5.92 Å². The second-order valence-electron chi connectivity index (χ2n) is 2.63. The summed E-state index contributed by atoms with van der Waals surface area (Å²) in [6, 6.07) is 0. The molecule has 0 aromatic carbocycles. The maximum absolute atomic E-state index is 10.1. The third kappa shape index (κ3) is 5.28. The van der Waals surface area contributed by atoms with Gasteiger partial charge in [-0.15, -0.1) is 0 Å². The molecule has 0 radical (unpaired) electrons. The molecule has 0 aliphatic heterocycles. The summed E-state index contributed by atoms with van der Waals surface area (Å²) in [7, 11) is 0. The van der Waals surface area contributed by atoms with Crippen LogP contribution in [0.25, 0.3) is 0 Å². The Kier molecular flexibility index (Phi) is 4.02. The molecule has 0 aromatic rings. The lowest BCUT2D eigenvalue weighted by atomic mass is 10.1. The van der Waals surface area contributed by atoms with Crippen molar-refractivity contribution < 1.29 is 4.79 Å². The van der Waals surface area contributed by atoms with Gasteiger partial charge in [0, 0.05) is 5.92 Å². The molecule has 0 fully saturated rings. The first-order chi connectivity index (χ1) is 4.16. The molecule has 0 aliphatic carbocycles. The van der Waals surface area contributed by atoms with Crippen molar-refractivity contribution in [1.82, 2.24) is 0 Å². The van der Waals surface area contributed by atoms with Crippen LogP contribution in [-0.2, 0) is 4.79 Å². The van der Waals surface area contributed by atoms with Crippen LogP contribution in [0.5, 0.6) is 0 Å². The normalized spacial score (nSPS) is 12.3. The zero-order valence-electron chi connectivity index (χ0n) is 6.35. The largest absolute Gasteiger partial charge is 0.303 e. The van der Waals surface area contributed by atoms with E-state index in [0.29, 0.717) is 0 Å². The van der Waals surface area contributed by atoms with Crippen molar-refractivity contribution in [3.8, 4) is 0 Å². The third-order valence-electron chi connectivity index (χ3n) is 1.13. The molecule has 0 saturated carbocycles. The van der Waals surface area contributed by atoms with E-state index >= 15 is 0 Å². The topological polar surface area (TPSA) is 17.1 Å². The first kappa shape index (κ1) is 8.41. The Labute approximate surface area is 56.8 Å². The highest BCUT2D eigenvalue weighted by Crippen LogP contribution is 2.01. The van der Waals surface area contributed by atoms with Crippen LogP contribution >= 0.6 is 0 Å². The smallest absolute Gasteiger partial charge is 0.123 e. The number of carbonyl (C=O) groups is 1. The summed E-state index contributed by atoms with van der Waals surface area (Å²) in [5.41, 5.74) is 1.28. The SMILES string of the molecule is CC(C)=CCC(C)C=O. The Balaban J connectivity index is 3.49. The molecule has 0 bridgehead atoms. The van der Waals surface area contributed by atoms with Crippen LogP contribution in [0.2, 0.25) is 0 Å². The highest BCUT2D eigenvalue weighted by atomic mass is 16.1. The number of rotatable bonds is 3. The van der Waals surface area contributed by atoms with Crippen molar-refractivity contribution in [2.24, 2.45) is 5.92 Å². The highest BCUT2D eigenvalue weighted by Gasteiger charge is 1.93. The summed E-state index contributed by atoms with van der Waals surface area (Å²) < 4.78 is 0. The average molecular weight is 126 g/mol. The van der Waals surface area contributed by atoms with E-state index in [1.54, 1.807) is 0 Å². The Morgan fingerprint density at radius 3 is 2.44 bits per heavy atom. The standard InChI is InChI=1S/C8H14O/c1-7(2)4-5-8(3)6-9/h4,6,8H,5H2,1-3H3. The summed E-state index contributed by atoms with van der Waals surface area (Å²) in [6.07, 6.45) is 3.95. The molecule has 1 heteroatoms. The Hall–Kier alpha value is -0.590. The Morgan fingerprint density at radius 1 is 1.56 bits per heavy atom. The van der Waals surface area contributed by atoms with Crippen molar-refractivity contribution in [3.63, 3.8) is 0 Å². The van der Waals surface area contributed by atoms with E-state index in [4.69, 9.17) is 0 Å². The molecule has 52 valence electrons. The summed E-state index contributed by atoms with van der Waals surface area (Å²) >= 11 is 0. The first-order valence-electron chi connectivity index (χ1n) is 3.25. The minimum absolute atomic E-state index is 0.180. The second-order valence-corrected chi connectivity index (χ2v) is 2.63. The second kappa shape index (κ2) is 4.30.